The largest absolute Gasteiger partial charge is 0.462 e. The van der Waals surface area contributed by atoms with Gasteiger partial charge in [0.1, 0.15) is 13.2 Å². The molecule has 0 aromatic heterocycles. The predicted molar refractivity (Wildman–Crippen MR) is 311 cm³/mol. The quantitative estimate of drug-likeness (QED) is 0.0261. The van der Waals surface area contributed by atoms with Gasteiger partial charge in [-0.2, -0.15) is 0 Å². The second kappa shape index (κ2) is 59.6. The molecule has 0 heterocycles. The van der Waals surface area contributed by atoms with E-state index in [4.69, 9.17) is 14.2 Å². The number of esters is 3. The topological polar surface area (TPSA) is 78.9 Å². The van der Waals surface area contributed by atoms with E-state index < -0.39 is 6.10 Å². The molecule has 0 radical (unpaired) electrons. The van der Waals surface area contributed by atoms with E-state index in [0.717, 1.165) is 128 Å². The number of hydrogen-bond acceptors (Lipinski definition) is 6. The van der Waals surface area contributed by atoms with Crippen LogP contribution in [-0.4, -0.2) is 37.2 Å². The molecule has 0 fully saturated rings. The molecular weight excluding hydrogens is 889 g/mol. The highest BCUT2D eigenvalue weighted by molar-refractivity contribution is 5.71. The minimum absolute atomic E-state index is 0.0895. The molecule has 0 rings (SSSR count). The molecule has 6 heteroatoms. The van der Waals surface area contributed by atoms with Gasteiger partial charge >= 0.3 is 17.9 Å². The third-order valence-electron chi connectivity index (χ3n) is 12.5. The first-order chi connectivity index (χ1) is 35.5. The van der Waals surface area contributed by atoms with Gasteiger partial charge in [0, 0.05) is 19.3 Å². The summed E-state index contributed by atoms with van der Waals surface area (Å²) in [5, 5.41) is 0. The van der Waals surface area contributed by atoms with Crippen LogP contribution in [0, 0.1) is 0 Å². The molecule has 0 amide bonds. The minimum atomic E-state index is -0.791. The Morgan fingerprint density at radius 2 is 0.556 bits per heavy atom. The highest BCUT2D eigenvalue weighted by Crippen LogP contribution is 2.15. The fraction of sp³-hybridized carbons (Fsp3) is 0.682. The Hall–Kier alpha value is -3.93. The van der Waals surface area contributed by atoms with E-state index in [1.165, 1.54) is 103 Å². The number of carbonyl (C=O) groups excluding carboxylic acids is 3. The monoisotopic (exact) mass is 999 g/mol. The number of allylic oxidation sites excluding steroid dienone is 18. The van der Waals surface area contributed by atoms with Crippen molar-refractivity contribution < 1.29 is 28.6 Å². The molecule has 1 unspecified atom stereocenters. The second-order valence-electron chi connectivity index (χ2n) is 19.5. The Kier molecular flexibility index (Phi) is 56.4. The van der Waals surface area contributed by atoms with E-state index in [9.17, 15) is 14.4 Å². The van der Waals surface area contributed by atoms with E-state index in [-0.39, 0.29) is 31.1 Å². The first-order valence-corrected chi connectivity index (χ1v) is 29.9. The summed E-state index contributed by atoms with van der Waals surface area (Å²) in [6.07, 6.45) is 80.9. The maximum absolute atomic E-state index is 12.8. The molecule has 72 heavy (non-hydrogen) atoms. The normalized spacial score (nSPS) is 12.9. The average molecular weight is 1000 g/mol. The van der Waals surface area contributed by atoms with Crippen molar-refractivity contribution in [3.8, 4) is 0 Å². The van der Waals surface area contributed by atoms with Gasteiger partial charge in [-0.05, 0) is 103 Å². The SMILES string of the molecule is CC/C=C\C/C=C\C/C=C\C/C=C\C/C=C\C/C=C\C/C=C\C/C=C\CCCCCCC(=O)OCC(COC(=O)CCCCCCC/C=C\CCCC)OC(=O)CCCCCCCCCCCCCCCC. The maximum Gasteiger partial charge on any atom is 0.306 e. The zero-order valence-electron chi connectivity index (χ0n) is 46.9. The predicted octanol–water partition coefficient (Wildman–Crippen LogP) is 20.3. The van der Waals surface area contributed by atoms with Crippen molar-refractivity contribution in [2.75, 3.05) is 13.2 Å². The van der Waals surface area contributed by atoms with Crippen molar-refractivity contribution in [2.24, 2.45) is 0 Å². The van der Waals surface area contributed by atoms with Gasteiger partial charge in [0.15, 0.2) is 6.10 Å². The van der Waals surface area contributed by atoms with Gasteiger partial charge in [-0.1, -0.05) is 259 Å². The molecule has 0 aromatic carbocycles. The van der Waals surface area contributed by atoms with Gasteiger partial charge < -0.3 is 14.2 Å². The molecule has 0 aliphatic carbocycles. The van der Waals surface area contributed by atoms with Gasteiger partial charge in [-0.3, -0.25) is 14.4 Å². The Bertz CT molecular complexity index is 1470. The highest BCUT2D eigenvalue weighted by atomic mass is 16.6. The molecule has 0 aromatic rings. The summed E-state index contributed by atoms with van der Waals surface area (Å²) in [5.41, 5.74) is 0. The minimum Gasteiger partial charge on any atom is -0.462 e. The van der Waals surface area contributed by atoms with Crippen LogP contribution in [0.3, 0.4) is 0 Å². The molecule has 1 atom stereocenters. The Labute approximate surface area is 444 Å². The van der Waals surface area contributed by atoms with Crippen LogP contribution in [0.25, 0.3) is 0 Å². The van der Waals surface area contributed by atoms with Crippen LogP contribution in [0.15, 0.2) is 109 Å². The van der Waals surface area contributed by atoms with E-state index in [2.05, 4.69) is 130 Å². The van der Waals surface area contributed by atoms with Crippen molar-refractivity contribution in [1.29, 1.82) is 0 Å². The van der Waals surface area contributed by atoms with Gasteiger partial charge in [0.2, 0.25) is 0 Å². The zero-order valence-corrected chi connectivity index (χ0v) is 46.9. The highest BCUT2D eigenvalue weighted by Gasteiger charge is 2.19. The lowest BCUT2D eigenvalue weighted by molar-refractivity contribution is -0.167. The summed E-state index contributed by atoms with van der Waals surface area (Å²) < 4.78 is 16.8. The first kappa shape index (κ1) is 68.1. The Morgan fingerprint density at radius 3 is 0.903 bits per heavy atom. The van der Waals surface area contributed by atoms with Crippen molar-refractivity contribution in [2.45, 2.75) is 277 Å². The van der Waals surface area contributed by atoms with Crippen molar-refractivity contribution >= 4 is 17.9 Å². The standard InChI is InChI=1S/C66H110O6/c1-4-7-10-13-16-19-22-24-26-27-28-29-30-31-32-33-34-35-36-37-38-39-40-42-44-47-50-53-56-59-65(68)71-62-63(61-70-64(67)58-55-52-49-46-43-21-18-15-12-9-6-3)72-66(69)60-57-54-51-48-45-41-25-23-20-17-14-11-8-5-2/h7,10,15-16,18-19,24,26,28-29,31-32,34-35,37-38,40,42,63H,4-6,8-9,11-14,17,20-23,25,27,30,33,36,39,41,43-62H2,1-3H3/b10-7-,18-15-,19-16-,26-24-,29-28-,32-31-,35-34-,38-37-,42-40-. The van der Waals surface area contributed by atoms with Crippen LogP contribution in [0.5, 0.6) is 0 Å². The van der Waals surface area contributed by atoms with Crippen LogP contribution >= 0.6 is 0 Å². The summed E-state index contributed by atoms with van der Waals surface area (Å²) in [5.74, 6) is -0.921. The lowest BCUT2D eigenvalue weighted by Gasteiger charge is -2.18. The summed E-state index contributed by atoms with van der Waals surface area (Å²) in [4.78, 5) is 38.1. The fourth-order valence-electron chi connectivity index (χ4n) is 8.03. The first-order valence-electron chi connectivity index (χ1n) is 29.9. The van der Waals surface area contributed by atoms with E-state index >= 15 is 0 Å². The number of rotatable bonds is 53. The summed E-state index contributed by atoms with van der Waals surface area (Å²) in [6, 6.07) is 0. The van der Waals surface area contributed by atoms with Gasteiger partial charge in [-0.15, -0.1) is 0 Å². The molecule has 410 valence electrons. The summed E-state index contributed by atoms with van der Waals surface area (Å²) >= 11 is 0. The molecule has 6 nitrogen and oxygen atoms in total. The Balaban J connectivity index is 4.32. The number of ether oxygens (including phenoxy) is 3. The zero-order chi connectivity index (χ0) is 52.2. The van der Waals surface area contributed by atoms with Crippen LogP contribution in [0.4, 0.5) is 0 Å². The molecule has 0 saturated carbocycles. The average Bonchev–Trinajstić information content (AvgIpc) is 3.38. The van der Waals surface area contributed by atoms with Crippen molar-refractivity contribution in [3.05, 3.63) is 109 Å². The van der Waals surface area contributed by atoms with Crippen LogP contribution in [-0.2, 0) is 28.6 Å². The smallest absolute Gasteiger partial charge is 0.306 e. The lowest BCUT2D eigenvalue weighted by Crippen LogP contribution is -2.30. The van der Waals surface area contributed by atoms with Crippen LogP contribution in [0.2, 0.25) is 0 Å². The summed E-state index contributed by atoms with van der Waals surface area (Å²) in [6.45, 7) is 6.46. The number of carbonyl (C=O) groups is 3. The van der Waals surface area contributed by atoms with Crippen molar-refractivity contribution in [3.63, 3.8) is 0 Å². The molecule has 0 aliphatic rings. The number of hydrogen-bond donors (Lipinski definition) is 0. The van der Waals surface area contributed by atoms with Crippen LogP contribution in [0.1, 0.15) is 271 Å². The molecule has 0 saturated heterocycles. The lowest BCUT2D eigenvalue weighted by atomic mass is 10.0. The molecule has 0 bridgehead atoms. The van der Waals surface area contributed by atoms with Gasteiger partial charge in [0.25, 0.3) is 0 Å². The van der Waals surface area contributed by atoms with Crippen molar-refractivity contribution in [1.82, 2.24) is 0 Å². The third kappa shape index (κ3) is 57.0. The molecule has 0 aliphatic heterocycles. The van der Waals surface area contributed by atoms with E-state index in [0.29, 0.717) is 19.3 Å². The van der Waals surface area contributed by atoms with Gasteiger partial charge in [-0.25, -0.2) is 0 Å². The maximum atomic E-state index is 12.8. The van der Waals surface area contributed by atoms with E-state index in [1.54, 1.807) is 0 Å². The van der Waals surface area contributed by atoms with Gasteiger partial charge in [0.05, 0.1) is 0 Å². The van der Waals surface area contributed by atoms with E-state index in [1.807, 2.05) is 0 Å². The summed E-state index contributed by atoms with van der Waals surface area (Å²) in [7, 11) is 0. The second-order valence-corrected chi connectivity index (χ2v) is 19.5. The Morgan fingerprint density at radius 1 is 0.292 bits per heavy atom. The fourth-order valence-corrected chi connectivity index (χ4v) is 8.03. The number of unbranched alkanes of at least 4 members (excludes halogenated alkanes) is 24. The molecule has 0 spiro atoms. The third-order valence-corrected chi connectivity index (χ3v) is 12.5. The molecule has 0 N–H and O–H groups in total. The molecular formula is C66H110O6. The van der Waals surface area contributed by atoms with Crippen LogP contribution < -0.4 is 0 Å².